The van der Waals surface area contributed by atoms with Crippen LogP contribution in [0.3, 0.4) is 0 Å². The third kappa shape index (κ3) is 3.30. The van der Waals surface area contributed by atoms with E-state index in [2.05, 4.69) is 56.9 Å². The fourth-order valence-electron chi connectivity index (χ4n) is 4.39. The maximum absolute atomic E-state index is 12.2. The van der Waals surface area contributed by atoms with E-state index < -0.39 is 5.91 Å². The average Bonchev–Trinajstić information content (AvgIpc) is 3.09. The Kier molecular flexibility index (Phi) is 5.00. The predicted molar refractivity (Wildman–Crippen MR) is 129 cm³/mol. The lowest BCUT2D eigenvalue weighted by molar-refractivity contribution is 0.100. The molecule has 0 aliphatic rings. The maximum Gasteiger partial charge on any atom is 0.249 e. The lowest BCUT2D eigenvalue weighted by Crippen LogP contribution is -2.11. The molecule has 0 aliphatic carbocycles. The highest BCUT2D eigenvalue weighted by Gasteiger charge is 2.18. The van der Waals surface area contributed by atoms with Crippen LogP contribution in [0.25, 0.3) is 32.6 Å². The van der Waals surface area contributed by atoms with Crippen molar-refractivity contribution in [3.63, 3.8) is 0 Å². The van der Waals surface area contributed by atoms with Gasteiger partial charge in [0.15, 0.2) is 0 Å². The van der Waals surface area contributed by atoms with Crippen molar-refractivity contribution in [3.05, 3.63) is 94.0 Å². The number of amides is 1. The Hall–Kier alpha value is -3.15. The van der Waals surface area contributed by atoms with Crippen LogP contribution in [-0.2, 0) is 17.9 Å². The molecule has 0 saturated carbocycles. The summed E-state index contributed by atoms with van der Waals surface area (Å²) >= 11 is 3.83. The van der Waals surface area contributed by atoms with E-state index in [1.54, 1.807) is 13.2 Å². The largest absolute Gasteiger partial charge is 0.380 e. The molecule has 0 bridgehead atoms. The molecule has 1 heterocycles. The van der Waals surface area contributed by atoms with Gasteiger partial charge in [0.2, 0.25) is 5.91 Å². The normalized spacial score (nSPS) is 11.5. The van der Waals surface area contributed by atoms with Gasteiger partial charge in [0.25, 0.3) is 0 Å². The van der Waals surface area contributed by atoms with Gasteiger partial charge in [-0.1, -0.05) is 54.6 Å². The number of rotatable bonds is 5. The number of hydrogen-bond acceptors (Lipinski definition) is 2. The molecule has 0 fully saturated rings. The SMILES string of the molecule is COCc1ccc2c3c(C(N)=O)cccc3n(Cc3ccc4ccccc4c3Br)c2c1. The summed E-state index contributed by atoms with van der Waals surface area (Å²) in [7, 11) is 1.69. The van der Waals surface area contributed by atoms with Crippen molar-refractivity contribution in [1.29, 1.82) is 0 Å². The molecule has 31 heavy (non-hydrogen) atoms. The van der Waals surface area contributed by atoms with Gasteiger partial charge in [0, 0.05) is 40.0 Å². The fourth-order valence-corrected chi connectivity index (χ4v) is 5.01. The van der Waals surface area contributed by atoms with Gasteiger partial charge in [-0.05, 0) is 56.0 Å². The van der Waals surface area contributed by atoms with Crippen LogP contribution >= 0.6 is 15.9 Å². The van der Waals surface area contributed by atoms with E-state index in [9.17, 15) is 4.79 Å². The molecule has 2 N–H and O–H groups in total. The van der Waals surface area contributed by atoms with Gasteiger partial charge in [-0.3, -0.25) is 4.79 Å². The molecular weight excluding hydrogens is 452 g/mol. The summed E-state index contributed by atoms with van der Waals surface area (Å²) in [5, 5.41) is 4.28. The van der Waals surface area contributed by atoms with Gasteiger partial charge in [0.1, 0.15) is 0 Å². The molecule has 154 valence electrons. The van der Waals surface area contributed by atoms with Crippen LogP contribution in [0.2, 0.25) is 0 Å². The van der Waals surface area contributed by atoms with Gasteiger partial charge >= 0.3 is 0 Å². The van der Waals surface area contributed by atoms with E-state index in [1.807, 2.05) is 30.3 Å². The molecule has 4 aromatic carbocycles. The number of nitrogens with zero attached hydrogens (tertiary/aromatic N) is 1. The molecule has 1 amide bonds. The Morgan fingerprint density at radius 1 is 0.968 bits per heavy atom. The minimum absolute atomic E-state index is 0.419. The first-order valence-corrected chi connectivity index (χ1v) is 10.9. The smallest absolute Gasteiger partial charge is 0.249 e. The van der Waals surface area contributed by atoms with Crippen LogP contribution in [0.5, 0.6) is 0 Å². The molecule has 0 radical (unpaired) electrons. The standard InChI is InChI=1S/C26H21BrN2O2/c1-31-15-16-9-12-20-23(13-16)29(22-8-4-7-21(24(20)22)26(28)30)14-18-11-10-17-5-2-3-6-19(17)25(18)27/h2-13H,14-15H2,1H3,(H2,28,30). The van der Waals surface area contributed by atoms with E-state index in [0.717, 1.165) is 31.8 Å². The second kappa shape index (κ2) is 7.84. The van der Waals surface area contributed by atoms with Gasteiger partial charge in [-0.25, -0.2) is 0 Å². The van der Waals surface area contributed by atoms with Gasteiger partial charge < -0.3 is 15.0 Å². The average molecular weight is 473 g/mol. The first kappa shape index (κ1) is 19.8. The Morgan fingerprint density at radius 3 is 2.61 bits per heavy atom. The number of aromatic nitrogens is 1. The maximum atomic E-state index is 12.2. The summed E-state index contributed by atoms with van der Waals surface area (Å²) in [6, 6.07) is 24.6. The van der Waals surface area contributed by atoms with Crippen LogP contribution in [0.4, 0.5) is 0 Å². The minimum Gasteiger partial charge on any atom is -0.380 e. The first-order chi connectivity index (χ1) is 15.1. The number of hydrogen-bond donors (Lipinski definition) is 1. The summed E-state index contributed by atoms with van der Waals surface area (Å²) in [5.41, 5.74) is 10.5. The number of ether oxygens (including phenoxy) is 1. The third-order valence-electron chi connectivity index (χ3n) is 5.80. The molecule has 0 saturated heterocycles. The molecule has 4 nitrogen and oxygen atoms in total. The van der Waals surface area contributed by atoms with Gasteiger partial charge in [-0.2, -0.15) is 0 Å². The topological polar surface area (TPSA) is 57.2 Å². The second-order valence-corrected chi connectivity index (χ2v) is 8.49. The number of benzene rings is 4. The van der Waals surface area contributed by atoms with Crippen molar-refractivity contribution in [3.8, 4) is 0 Å². The first-order valence-electron chi connectivity index (χ1n) is 10.1. The van der Waals surface area contributed by atoms with Crippen molar-refractivity contribution in [2.24, 2.45) is 5.73 Å². The lowest BCUT2D eigenvalue weighted by atomic mass is 10.0. The molecule has 5 rings (SSSR count). The van der Waals surface area contributed by atoms with Crippen molar-refractivity contribution >= 4 is 54.4 Å². The van der Waals surface area contributed by atoms with Crippen LogP contribution < -0.4 is 5.73 Å². The monoisotopic (exact) mass is 472 g/mol. The van der Waals surface area contributed by atoms with E-state index in [4.69, 9.17) is 10.5 Å². The number of halogens is 1. The van der Waals surface area contributed by atoms with Crippen LogP contribution in [0, 0.1) is 0 Å². The summed E-state index contributed by atoms with van der Waals surface area (Å²) in [5.74, 6) is -0.419. The van der Waals surface area contributed by atoms with Crippen LogP contribution in [0.1, 0.15) is 21.5 Å². The quantitative estimate of drug-likeness (QED) is 0.340. The summed E-state index contributed by atoms with van der Waals surface area (Å²) in [4.78, 5) is 12.2. The zero-order valence-electron chi connectivity index (χ0n) is 17.1. The zero-order chi connectivity index (χ0) is 21.5. The lowest BCUT2D eigenvalue weighted by Gasteiger charge is -2.12. The highest BCUT2D eigenvalue weighted by molar-refractivity contribution is 9.10. The Labute approximate surface area is 188 Å². The van der Waals surface area contributed by atoms with Crippen LogP contribution in [0.15, 0.2) is 77.3 Å². The molecular formula is C26H21BrN2O2. The van der Waals surface area contributed by atoms with Crippen molar-refractivity contribution < 1.29 is 9.53 Å². The molecule has 0 unspecified atom stereocenters. The predicted octanol–water partition coefficient (Wildman–Crippen LogP) is 6.00. The van der Waals surface area contributed by atoms with E-state index in [0.29, 0.717) is 18.7 Å². The molecule has 1 aromatic heterocycles. The summed E-state index contributed by atoms with van der Waals surface area (Å²) < 4.78 is 8.69. The minimum atomic E-state index is -0.419. The van der Waals surface area contributed by atoms with Crippen LogP contribution in [-0.4, -0.2) is 17.6 Å². The number of nitrogens with two attached hydrogens (primary N) is 1. The Bertz CT molecular complexity index is 1470. The fraction of sp³-hybridized carbons (Fsp3) is 0.115. The second-order valence-electron chi connectivity index (χ2n) is 7.69. The number of primary amides is 1. The number of carbonyl (C=O) groups is 1. The van der Waals surface area contributed by atoms with E-state index in [-0.39, 0.29) is 0 Å². The van der Waals surface area contributed by atoms with Crippen molar-refractivity contribution in [1.82, 2.24) is 4.57 Å². The molecule has 0 spiro atoms. The van der Waals surface area contributed by atoms with E-state index in [1.165, 1.54) is 16.3 Å². The number of carbonyl (C=O) groups excluding carboxylic acids is 1. The highest BCUT2D eigenvalue weighted by Crippen LogP contribution is 2.35. The molecule has 0 aliphatic heterocycles. The van der Waals surface area contributed by atoms with Crippen molar-refractivity contribution in [2.45, 2.75) is 13.2 Å². The Morgan fingerprint density at radius 2 is 1.81 bits per heavy atom. The van der Waals surface area contributed by atoms with Crippen molar-refractivity contribution in [2.75, 3.05) is 7.11 Å². The molecule has 0 atom stereocenters. The summed E-state index contributed by atoms with van der Waals surface area (Å²) in [6.45, 7) is 1.18. The van der Waals surface area contributed by atoms with Gasteiger partial charge in [0.05, 0.1) is 12.1 Å². The highest BCUT2D eigenvalue weighted by atomic mass is 79.9. The third-order valence-corrected chi connectivity index (χ3v) is 6.74. The number of methoxy groups -OCH3 is 1. The Balaban J connectivity index is 1.78. The zero-order valence-corrected chi connectivity index (χ0v) is 18.6. The molecule has 5 aromatic rings. The number of fused-ring (bicyclic) bond motifs is 4. The van der Waals surface area contributed by atoms with Gasteiger partial charge in [-0.15, -0.1) is 0 Å². The summed E-state index contributed by atoms with van der Waals surface area (Å²) in [6.07, 6.45) is 0. The van der Waals surface area contributed by atoms with E-state index >= 15 is 0 Å². The molecule has 5 heteroatoms.